The van der Waals surface area contributed by atoms with Crippen molar-refractivity contribution in [3.63, 3.8) is 0 Å². The average Bonchev–Trinajstić information content (AvgIpc) is 2.97. The van der Waals surface area contributed by atoms with Gasteiger partial charge < -0.3 is 5.32 Å². The first kappa shape index (κ1) is 15.2. The maximum atomic E-state index is 12.2. The van der Waals surface area contributed by atoms with E-state index in [0.29, 0.717) is 18.4 Å². The lowest BCUT2D eigenvalue weighted by Gasteiger charge is -2.26. The Morgan fingerprint density at radius 2 is 1.54 bits per heavy atom. The zero-order chi connectivity index (χ0) is 16.5. The van der Waals surface area contributed by atoms with Crippen molar-refractivity contribution in [3.8, 4) is 0 Å². The first-order valence-electron chi connectivity index (χ1n) is 8.80. The molecule has 1 N–H and O–H groups in total. The van der Waals surface area contributed by atoms with Gasteiger partial charge in [0.05, 0.1) is 0 Å². The van der Waals surface area contributed by atoms with E-state index in [4.69, 9.17) is 0 Å². The third-order valence-electron chi connectivity index (χ3n) is 5.24. The van der Waals surface area contributed by atoms with Crippen molar-refractivity contribution >= 4 is 5.78 Å². The van der Waals surface area contributed by atoms with Gasteiger partial charge in [-0.3, -0.25) is 4.79 Å². The maximum absolute atomic E-state index is 12.2. The second-order valence-electron chi connectivity index (χ2n) is 7.17. The van der Waals surface area contributed by atoms with Crippen molar-refractivity contribution in [2.75, 3.05) is 0 Å². The highest BCUT2D eigenvalue weighted by atomic mass is 16.1. The second kappa shape index (κ2) is 6.27. The topological polar surface area (TPSA) is 29.1 Å². The van der Waals surface area contributed by atoms with Crippen LogP contribution in [0.1, 0.15) is 41.0 Å². The highest BCUT2D eigenvalue weighted by Gasteiger charge is 2.26. The molecule has 24 heavy (non-hydrogen) atoms. The van der Waals surface area contributed by atoms with E-state index in [1.807, 2.05) is 6.08 Å². The monoisotopic (exact) mass is 317 g/mol. The van der Waals surface area contributed by atoms with Gasteiger partial charge >= 0.3 is 0 Å². The van der Waals surface area contributed by atoms with E-state index in [2.05, 4.69) is 60.8 Å². The van der Waals surface area contributed by atoms with Crippen molar-refractivity contribution in [2.24, 2.45) is 0 Å². The summed E-state index contributed by atoms with van der Waals surface area (Å²) in [5.41, 5.74) is 6.52. The highest BCUT2D eigenvalue weighted by Crippen LogP contribution is 2.32. The fourth-order valence-electron chi connectivity index (χ4n) is 3.99. The van der Waals surface area contributed by atoms with Crippen LogP contribution in [0.4, 0.5) is 0 Å². The molecule has 2 aliphatic carbocycles. The summed E-state index contributed by atoms with van der Waals surface area (Å²) in [6.45, 7) is 2.10. The summed E-state index contributed by atoms with van der Waals surface area (Å²) in [6, 6.07) is 17.7. The zero-order valence-electron chi connectivity index (χ0n) is 14.1. The molecule has 1 atom stereocenters. The Bertz CT molecular complexity index is 763. The summed E-state index contributed by atoms with van der Waals surface area (Å²) < 4.78 is 0. The maximum Gasteiger partial charge on any atom is 0.158 e. The Kier molecular flexibility index (Phi) is 3.97. The first-order valence-corrected chi connectivity index (χ1v) is 8.80. The van der Waals surface area contributed by atoms with E-state index in [-0.39, 0.29) is 5.78 Å². The lowest BCUT2D eigenvalue weighted by atomic mass is 9.85. The standard InChI is InChI=1S/C22H23NO/c1-15-6-8-16(9-7-15)19-12-21(14-22(24)13-19)23-20-10-17-4-2-3-5-18(17)11-20/h2-9,14,19-20,23H,10-13H2,1H3. The molecule has 2 aliphatic rings. The van der Waals surface area contributed by atoms with Crippen molar-refractivity contribution < 1.29 is 4.79 Å². The Balaban J connectivity index is 1.46. The van der Waals surface area contributed by atoms with Gasteiger partial charge in [-0.15, -0.1) is 0 Å². The third-order valence-corrected chi connectivity index (χ3v) is 5.24. The van der Waals surface area contributed by atoms with Gasteiger partial charge in [0.15, 0.2) is 5.78 Å². The van der Waals surface area contributed by atoms with Gasteiger partial charge in [0, 0.05) is 24.2 Å². The van der Waals surface area contributed by atoms with Crippen LogP contribution in [-0.4, -0.2) is 11.8 Å². The fourth-order valence-corrected chi connectivity index (χ4v) is 3.99. The minimum atomic E-state index is 0.241. The van der Waals surface area contributed by atoms with Gasteiger partial charge in [0.25, 0.3) is 0 Å². The molecule has 0 fully saturated rings. The molecule has 0 bridgehead atoms. The summed E-state index contributed by atoms with van der Waals surface area (Å²) in [4.78, 5) is 12.2. The molecule has 0 saturated heterocycles. The predicted molar refractivity (Wildman–Crippen MR) is 97.0 cm³/mol. The molecule has 2 nitrogen and oxygen atoms in total. The molecule has 2 aromatic carbocycles. The largest absolute Gasteiger partial charge is 0.385 e. The summed E-state index contributed by atoms with van der Waals surface area (Å²) in [6.07, 6.45) is 5.49. The number of hydrogen-bond donors (Lipinski definition) is 1. The lowest BCUT2D eigenvalue weighted by molar-refractivity contribution is -0.115. The number of nitrogens with one attached hydrogen (secondary N) is 1. The molecule has 1 unspecified atom stereocenters. The van der Waals surface area contributed by atoms with Crippen LogP contribution in [0.3, 0.4) is 0 Å². The number of aryl methyl sites for hydroxylation is 1. The minimum Gasteiger partial charge on any atom is -0.385 e. The molecule has 2 aromatic rings. The quantitative estimate of drug-likeness (QED) is 0.924. The van der Waals surface area contributed by atoms with Crippen LogP contribution >= 0.6 is 0 Å². The van der Waals surface area contributed by atoms with Crippen LogP contribution < -0.4 is 5.32 Å². The molecule has 0 spiro atoms. The van der Waals surface area contributed by atoms with Gasteiger partial charge in [0.1, 0.15) is 0 Å². The molecule has 0 amide bonds. The van der Waals surface area contributed by atoms with Crippen LogP contribution in [0, 0.1) is 6.92 Å². The number of benzene rings is 2. The lowest BCUT2D eigenvalue weighted by Crippen LogP contribution is -2.32. The van der Waals surface area contributed by atoms with Crippen molar-refractivity contribution in [3.05, 3.63) is 82.6 Å². The molecule has 122 valence electrons. The molecule has 0 saturated carbocycles. The van der Waals surface area contributed by atoms with Crippen molar-refractivity contribution in [1.82, 2.24) is 5.32 Å². The molecule has 0 aliphatic heterocycles. The first-order chi connectivity index (χ1) is 11.7. The number of allylic oxidation sites excluding steroid dienone is 2. The van der Waals surface area contributed by atoms with E-state index in [1.165, 1.54) is 22.3 Å². The number of carbonyl (C=O) groups is 1. The zero-order valence-corrected chi connectivity index (χ0v) is 14.1. The average molecular weight is 317 g/mol. The summed E-state index contributed by atoms with van der Waals surface area (Å²) in [5.74, 6) is 0.541. The SMILES string of the molecule is Cc1ccc(C2CC(=O)C=C(NC3Cc4ccccc4C3)C2)cc1. The van der Waals surface area contributed by atoms with E-state index < -0.39 is 0 Å². The number of rotatable bonds is 3. The predicted octanol–water partition coefficient (Wildman–Crippen LogP) is 4.08. The van der Waals surface area contributed by atoms with E-state index in [1.54, 1.807) is 0 Å². The van der Waals surface area contributed by atoms with Crippen LogP contribution in [0.15, 0.2) is 60.3 Å². The molecule has 0 aromatic heterocycles. The van der Waals surface area contributed by atoms with Crippen LogP contribution in [0.5, 0.6) is 0 Å². The Labute approximate surface area is 143 Å². The van der Waals surface area contributed by atoms with Gasteiger partial charge in [-0.2, -0.15) is 0 Å². The summed E-state index contributed by atoms with van der Waals surface area (Å²) in [5, 5.41) is 3.65. The summed E-state index contributed by atoms with van der Waals surface area (Å²) in [7, 11) is 0. The summed E-state index contributed by atoms with van der Waals surface area (Å²) >= 11 is 0. The minimum absolute atomic E-state index is 0.241. The molecule has 0 heterocycles. The van der Waals surface area contributed by atoms with Gasteiger partial charge in [-0.05, 0) is 48.8 Å². The normalized spacial score (nSPS) is 20.6. The van der Waals surface area contributed by atoms with Crippen LogP contribution in [0.25, 0.3) is 0 Å². The molecular formula is C22H23NO. The van der Waals surface area contributed by atoms with Crippen LogP contribution in [-0.2, 0) is 17.6 Å². The molecule has 2 heteroatoms. The van der Waals surface area contributed by atoms with E-state index >= 15 is 0 Å². The molecule has 0 radical (unpaired) electrons. The Morgan fingerprint density at radius 1 is 0.875 bits per heavy atom. The number of carbonyl (C=O) groups excluding carboxylic acids is 1. The third kappa shape index (κ3) is 3.14. The van der Waals surface area contributed by atoms with Crippen molar-refractivity contribution in [2.45, 2.75) is 44.6 Å². The number of hydrogen-bond acceptors (Lipinski definition) is 2. The van der Waals surface area contributed by atoms with Crippen molar-refractivity contribution in [1.29, 1.82) is 0 Å². The van der Waals surface area contributed by atoms with Gasteiger partial charge in [0.2, 0.25) is 0 Å². The fraction of sp³-hybridized carbons (Fsp3) is 0.318. The van der Waals surface area contributed by atoms with E-state index in [9.17, 15) is 4.79 Å². The molecular weight excluding hydrogens is 294 g/mol. The van der Waals surface area contributed by atoms with E-state index in [0.717, 1.165) is 25.0 Å². The van der Waals surface area contributed by atoms with Gasteiger partial charge in [-0.25, -0.2) is 0 Å². The Hall–Kier alpha value is -2.35. The number of fused-ring (bicyclic) bond motifs is 1. The van der Waals surface area contributed by atoms with Gasteiger partial charge in [-0.1, -0.05) is 54.1 Å². The highest BCUT2D eigenvalue weighted by molar-refractivity contribution is 5.92. The molecule has 4 rings (SSSR count). The Morgan fingerprint density at radius 3 is 2.21 bits per heavy atom. The smallest absolute Gasteiger partial charge is 0.158 e. The van der Waals surface area contributed by atoms with Crippen LogP contribution in [0.2, 0.25) is 0 Å². The second-order valence-corrected chi connectivity index (χ2v) is 7.17. The number of ketones is 1.